The number of halogens is 1. The van der Waals surface area contributed by atoms with Crippen LogP contribution in [0, 0.1) is 5.92 Å². The molecule has 14 heavy (non-hydrogen) atoms. The van der Waals surface area contributed by atoms with Crippen molar-refractivity contribution < 1.29 is 4.79 Å². The molecule has 0 spiro atoms. The average molecular weight is 214 g/mol. The first-order valence-corrected chi connectivity index (χ1v) is 4.69. The molecule has 0 bridgehead atoms. The first-order valence-electron chi connectivity index (χ1n) is 4.32. The molecule has 0 atom stereocenters. The van der Waals surface area contributed by atoms with Crippen molar-refractivity contribution in [1.29, 1.82) is 0 Å². The van der Waals surface area contributed by atoms with Gasteiger partial charge in [0.2, 0.25) is 5.28 Å². The summed E-state index contributed by atoms with van der Waals surface area (Å²) in [4.78, 5) is 18.7. The Labute approximate surface area is 87.5 Å². The number of carbonyl (C=O) groups is 1. The second kappa shape index (κ2) is 4.37. The maximum Gasteiger partial charge on any atom is 0.267 e. The first kappa shape index (κ1) is 10.9. The molecule has 1 heterocycles. The topological polar surface area (TPSA) is 68.9 Å². The van der Waals surface area contributed by atoms with Gasteiger partial charge in [0.25, 0.3) is 5.91 Å². The van der Waals surface area contributed by atoms with Gasteiger partial charge in [-0.3, -0.25) is 4.79 Å². The molecule has 1 aromatic heterocycles. The summed E-state index contributed by atoms with van der Waals surface area (Å²) in [6.45, 7) is 4.08. The highest BCUT2D eigenvalue weighted by atomic mass is 35.5. The molecule has 0 saturated carbocycles. The van der Waals surface area contributed by atoms with Gasteiger partial charge >= 0.3 is 0 Å². The van der Waals surface area contributed by atoms with Crippen LogP contribution in [0.3, 0.4) is 0 Å². The van der Waals surface area contributed by atoms with Crippen LogP contribution < -0.4 is 5.73 Å². The van der Waals surface area contributed by atoms with E-state index >= 15 is 0 Å². The van der Waals surface area contributed by atoms with Crippen molar-refractivity contribution >= 4 is 17.5 Å². The van der Waals surface area contributed by atoms with E-state index < -0.39 is 5.91 Å². The molecule has 0 aromatic carbocycles. The number of nitrogens with two attached hydrogens (primary N) is 1. The Hall–Kier alpha value is -1.16. The van der Waals surface area contributed by atoms with Gasteiger partial charge in [-0.25, -0.2) is 9.97 Å². The van der Waals surface area contributed by atoms with E-state index in [4.69, 9.17) is 17.3 Å². The fraction of sp³-hybridized carbons (Fsp3) is 0.444. The SMILES string of the molecule is CC(C)Cc1cnc(Cl)nc1C(N)=O. The van der Waals surface area contributed by atoms with E-state index in [0.717, 1.165) is 12.0 Å². The van der Waals surface area contributed by atoms with E-state index in [0.29, 0.717) is 5.92 Å². The van der Waals surface area contributed by atoms with E-state index in [2.05, 4.69) is 9.97 Å². The van der Waals surface area contributed by atoms with Crippen molar-refractivity contribution in [2.75, 3.05) is 0 Å². The van der Waals surface area contributed by atoms with Crippen molar-refractivity contribution in [2.24, 2.45) is 11.7 Å². The highest BCUT2D eigenvalue weighted by molar-refractivity contribution is 6.28. The number of rotatable bonds is 3. The highest BCUT2D eigenvalue weighted by Crippen LogP contribution is 2.12. The molecule has 2 N–H and O–H groups in total. The molecule has 0 aliphatic carbocycles. The Morgan fingerprint density at radius 1 is 1.64 bits per heavy atom. The molecule has 0 unspecified atom stereocenters. The van der Waals surface area contributed by atoms with Crippen molar-refractivity contribution in [3.05, 3.63) is 22.7 Å². The van der Waals surface area contributed by atoms with Crippen LogP contribution >= 0.6 is 11.6 Å². The van der Waals surface area contributed by atoms with Gasteiger partial charge in [-0.1, -0.05) is 13.8 Å². The van der Waals surface area contributed by atoms with E-state index in [1.165, 1.54) is 0 Å². The summed E-state index contributed by atoms with van der Waals surface area (Å²) >= 11 is 5.57. The molecular weight excluding hydrogens is 202 g/mol. The lowest BCUT2D eigenvalue weighted by Gasteiger charge is -2.07. The summed E-state index contributed by atoms with van der Waals surface area (Å²) in [7, 11) is 0. The quantitative estimate of drug-likeness (QED) is 0.773. The minimum atomic E-state index is -0.565. The molecular formula is C9H12ClN3O. The standard InChI is InChI=1S/C9H12ClN3O/c1-5(2)3-6-4-12-9(10)13-7(6)8(11)14/h4-5H,3H2,1-2H3,(H2,11,14). The Bertz CT molecular complexity index is 352. The van der Waals surface area contributed by atoms with Crippen molar-refractivity contribution in [2.45, 2.75) is 20.3 Å². The van der Waals surface area contributed by atoms with Crippen LogP contribution in [0.4, 0.5) is 0 Å². The first-order chi connectivity index (χ1) is 6.50. The lowest BCUT2D eigenvalue weighted by molar-refractivity contribution is 0.0994. The molecule has 1 amide bonds. The molecule has 5 heteroatoms. The van der Waals surface area contributed by atoms with Crippen LogP contribution in [0.2, 0.25) is 5.28 Å². The Morgan fingerprint density at radius 2 is 2.29 bits per heavy atom. The lowest BCUT2D eigenvalue weighted by Crippen LogP contribution is -2.17. The summed E-state index contributed by atoms with van der Waals surface area (Å²) in [6, 6.07) is 0. The molecule has 0 radical (unpaired) electrons. The fourth-order valence-corrected chi connectivity index (χ4v) is 1.32. The van der Waals surface area contributed by atoms with Crippen molar-refractivity contribution in [1.82, 2.24) is 9.97 Å². The zero-order chi connectivity index (χ0) is 10.7. The summed E-state index contributed by atoms with van der Waals surface area (Å²) in [5, 5.41) is 0.0475. The van der Waals surface area contributed by atoms with Crippen molar-refractivity contribution in [3.8, 4) is 0 Å². The van der Waals surface area contributed by atoms with Gasteiger partial charge in [-0.15, -0.1) is 0 Å². The van der Waals surface area contributed by atoms with Gasteiger partial charge in [0, 0.05) is 11.8 Å². The Kier molecular flexibility index (Phi) is 3.41. The predicted molar refractivity (Wildman–Crippen MR) is 54.1 cm³/mol. The molecule has 76 valence electrons. The summed E-state index contributed by atoms with van der Waals surface area (Å²) in [5.41, 5.74) is 6.14. The van der Waals surface area contributed by atoms with Gasteiger partial charge in [0.05, 0.1) is 0 Å². The molecule has 0 fully saturated rings. The second-order valence-electron chi connectivity index (χ2n) is 3.48. The minimum Gasteiger partial charge on any atom is -0.364 e. The number of nitrogens with zero attached hydrogens (tertiary/aromatic N) is 2. The summed E-state index contributed by atoms with van der Waals surface area (Å²) in [5.74, 6) is -0.150. The summed E-state index contributed by atoms with van der Waals surface area (Å²) < 4.78 is 0. The molecule has 0 aliphatic rings. The van der Waals surface area contributed by atoms with E-state index in [1.54, 1.807) is 6.20 Å². The van der Waals surface area contributed by atoms with Gasteiger partial charge in [0.1, 0.15) is 5.69 Å². The molecule has 1 rings (SSSR count). The van der Waals surface area contributed by atoms with Crippen molar-refractivity contribution in [3.63, 3.8) is 0 Å². The number of amides is 1. The van der Waals surface area contributed by atoms with E-state index in [1.807, 2.05) is 13.8 Å². The van der Waals surface area contributed by atoms with Gasteiger partial charge in [-0.05, 0) is 23.9 Å². The minimum absolute atomic E-state index is 0.0475. The van der Waals surface area contributed by atoms with Gasteiger partial charge in [-0.2, -0.15) is 0 Å². The number of primary amides is 1. The third-order valence-electron chi connectivity index (χ3n) is 1.70. The van der Waals surface area contributed by atoms with Gasteiger partial charge < -0.3 is 5.73 Å². The number of hydrogen-bond donors (Lipinski definition) is 1. The van der Waals surface area contributed by atoms with Gasteiger partial charge in [0.15, 0.2) is 0 Å². The number of hydrogen-bond acceptors (Lipinski definition) is 3. The smallest absolute Gasteiger partial charge is 0.267 e. The average Bonchev–Trinajstić information content (AvgIpc) is 2.07. The largest absolute Gasteiger partial charge is 0.364 e. The van der Waals surface area contributed by atoms with Crippen LogP contribution in [-0.2, 0) is 6.42 Å². The Balaban J connectivity index is 3.08. The normalized spacial score (nSPS) is 10.6. The van der Waals surface area contributed by atoms with Crippen LogP contribution in [0.25, 0.3) is 0 Å². The molecule has 4 nitrogen and oxygen atoms in total. The van der Waals surface area contributed by atoms with Crippen LogP contribution in [0.1, 0.15) is 29.9 Å². The third kappa shape index (κ3) is 2.67. The third-order valence-corrected chi connectivity index (χ3v) is 1.88. The van der Waals surface area contributed by atoms with E-state index in [-0.39, 0.29) is 11.0 Å². The number of carbonyl (C=O) groups excluding carboxylic acids is 1. The zero-order valence-electron chi connectivity index (χ0n) is 8.12. The lowest BCUT2D eigenvalue weighted by atomic mass is 10.0. The Morgan fingerprint density at radius 3 is 2.79 bits per heavy atom. The maximum atomic E-state index is 11.0. The van der Waals surface area contributed by atoms with Crippen LogP contribution in [0.15, 0.2) is 6.20 Å². The monoisotopic (exact) mass is 213 g/mol. The van der Waals surface area contributed by atoms with Crippen LogP contribution in [0.5, 0.6) is 0 Å². The summed E-state index contributed by atoms with van der Waals surface area (Å²) in [6.07, 6.45) is 2.27. The van der Waals surface area contributed by atoms with Crippen LogP contribution in [-0.4, -0.2) is 15.9 Å². The molecule has 0 saturated heterocycles. The molecule has 1 aromatic rings. The maximum absolute atomic E-state index is 11.0. The highest BCUT2D eigenvalue weighted by Gasteiger charge is 2.12. The number of aromatic nitrogens is 2. The van der Waals surface area contributed by atoms with E-state index in [9.17, 15) is 4.79 Å². The molecule has 0 aliphatic heterocycles. The second-order valence-corrected chi connectivity index (χ2v) is 3.81. The zero-order valence-corrected chi connectivity index (χ0v) is 8.88. The fourth-order valence-electron chi connectivity index (χ4n) is 1.19. The predicted octanol–water partition coefficient (Wildman–Crippen LogP) is 1.43.